The summed E-state index contributed by atoms with van der Waals surface area (Å²) < 4.78 is 11.2. The number of H-pyrrole nitrogens is 1. The lowest BCUT2D eigenvalue weighted by Crippen LogP contribution is -2.43. The van der Waals surface area contributed by atoms with E-state index in [0.29, 0.717) is 42.9 Å². The predicted molar refractivity (Wildman–Crippen MR) is 90.0 cm³/mol. The Hall–Kier alpha value is -2.22. The summed E-state index contributed by atoms with van der Waals surface area (Å²) in [6.07, 6.45) is 4.93. The number of likely N-dealkylation sites (tertiary alicyclic amines) is 1. The van der Waals surface area contributed by atoms with Crippen LogP contribution in [0.1, 0.15) is 48.9 Å². The summed E-state index contributed by atoms with van der Waals surface area (Å²) in [7, 11) is 0. The summed E-state index contributed by atoms with van der Waals surface area (Å²) in [5.74, 6) is 1.82. The first kappa shape index (κ1) is 17.6. The standard InChI is InChI=1S/C17H25N5O3/c1-12(2)10-16-19-15(21-25-16)6-9-24-13-4-3-8-22(11-13)17(23)14-5-7-18-20-14/h5,7,12-13H,3-4,6,8-11H2,1-2H3,(H,18,20). The Balaban J connectivity index is 1.44. The Kier molecular flexibility index (Phi) is 5.80. The molecule has 1 fully saturated rings. The molecule has 136 valence electrons. The van der Waals surface area contributed by atoms with Gasteiger partial charge in [0, 0.05) is 32.1 Å². The molecule has 0 aliphatic carbocycles. The monoisotopic (exact) mass is 347 g/mol. The minimum atomic E-state index is -0.0257. The van der Waals surface area contributed by atoms with Crippen LogP contribution in [0.2, 0.25) is 0 Å². The molecule has 3 heterocycles. The zero-order valence-corrected chi connectivity index (χ0v) is 14.8. The highest BCUT2D eigenvalue weighted by Crippen LogP contribution is 2.16. The van der Waals surface area contributed by atoms with Crippen molar-refractivity contribution in [3.63, 3.8) is 0 Å². The molecule has 8 heteroatoms. The van der Waals surface area contributed by atoms with Crippen molar-refractivity contribution in [2.24, 2.45) is 5.92 Å². The minimum absolute atomic E-state index is 0.0257. The number of hydrogen-bond donors (Lipinski definition) is 1. The van der Waals surface area contributed by atoms with Crippen LogP contribution in [0.4, 0.5) is 0 Å². The summed E-state index contributed by atoms with van der Waals surface area (Å²) in [6.45, 7) is 6.11. The van der Waals surface area contributed by atoms with E-state index < -0.39 is 0 Å². The van der Waals surface area contributed by atoms with E-state index in [-0.39, 0.29) is 12.0 Å². The summed E-state index contributed by atoms with van der Waals surface area (Å²) in [5, 5.41) is 10.5. The summed E-state index contributed by atoms with van der Waals surface area (Å²) >= 11 is 0. The van der Waals surface area contributed by atoms with Crippen LogP contribution in [-0.2, 0) is 17.6 Å². The number of hydrogen-bond acceptors (Lipinski definition) is 6. The summed E-state index contributed by atoms with van der Waals surface area (Å²) in [5.41, 5.74) is 0.519. The van der Waals surface area contributed by atoms with E-state index in [0.717, 1.165) is 25.8 Å². The molecule has 1 aliphatic heterocycles. The van der Waals surface area contributed by atoms with Gasteiger partial charge in [0.15, 0.2) is 5.82 Å². The number of carbonyl (C=O) groups is 1. The average Bonchev–Trinajstić information content (AvgIpc) is 3.26. The molecule has 3 rings (SSSR count). The normalized spacial score (nSPS) is 18.0. The average molecular weight is 347 g/mol. The third kappa shape index (κ3) is 4.88. The van der Waals surface area contributed by atoms with Gasteiger partial charge in [0.2, 0.25) is 5.89 Å². The largest absolute Gasteiger partial charge is 0.376 e. The van der Waals surface area contributed by atoms with E-state index in [1.807, 2.05) is 4.90 Å². The second-order valence-corrected chi connectivity index (χ2v) is 6.81. The first-order valence-electron chi connectivity index (χ1n) is 8.83. The molecule has 8 nitrogen and oxygen atoms in total. The van der Waals surface area contributed by atoms with E-state index in [2.05, 4.69) is 34.2 Å². The molecular weight excluding hydrogens is 322 g/mol. The third-order valence-electron chi connectivity index (χ3n) is 4.17. The fourth-order valence-corrected chi connectivity index (χ4v) is 2.94. The molecule has 2 aromatic heterocycles. The molecular formula is C17H25N5O3. The molecule has 1 amide bonds. The van der Waals surface area contributed by atoms with Crippen LogP contribution in [0.15, 0.2) is 16.8 Å². The maximum absolute atomic E-state index is 12.4. The smallest absolute Gasteiger partial charge is 0.271 e. The SMILES string of the molecule is CC(C)Cc1nc(CCOC2CCCN(C(=O)c3ccn[nH]3)C2)no1. The topological polar surface area (TPSA) is 97.1 Å². The molecule has 0 bridgehead atoms. The van der Waals surface area contributed by atoms with E-state index in [4.69, 9.17) is 9.26 Å². The summed E-state index contributed by atoms with van der Waals surface area (Å²) in [4.78, 5) is 18.6. The fraction of sp³-hybridized carbons (Fsp3) is 0.647. The lowest BCUT2D eigenvalue weighted by molar-refractivity contribution is 0.00232. The number of amides is 1. The van der Waals surface area contributed by atoms with Gasteiger partial charge in [-0.2, -0.15) is 10.1 Å². The Morgan fingerprint density at radius 1 is 1.52 bits per heavy atom. The van der Waals surface area contributed by atoms with E-state index >= 15 is 0 Å². The van der Waals surface area contributed by atoms with Gasteiger partial charge < -0.3 is 14.2 Å². The number of carbonyl (C=O) groups excluding carboxylic acids is 1. The Bertz CT molecular complexity index is 668. The second-order valence-electron chi connectivity index (χ2n) is 6.81. The van der Waals surface area contributed by atoms with Gasteiger partial charge in [-0.25, -0.2) is 0 Å². The van der Waals surface area contributed by atoms with Crippen molar-refractivity contribution < 1.29 is 14.1 Å². The lowest BCUT2D eigenvalue weighted by Gasteiger charge is -2.32. The molecule has 25 heavy (non-hydrogen) atoms. The van der Waals surface area contributed by atoms with Crippen LogP contribution in [0, 0.1) is 5.92 Å². The van der Waals surface area contributed by atoms with Crippen LogP contribution in [0.25, 0.3) is 0 Å². The molecule has 1 N–H and O–H groups in total. The lowest BCUT2D eigenvalue weighted by atomic mass is 10.1. The zero-order valence-electron chi connectivity index (χ0n) is 14.8. The zero-order chi connectivity index (χ0) is 17.6. The number of piperidine rings is 1. The predicted octanol–water partition coefficient (Wildman–Crippen LogP) is 1.86. The molecule has 0 aromatic carbocycles. The molecule has 2 aromatic rings. The van der Waals surface area contributed by atoms with Gasteiger partial charge in [-0.3, -0.25) is 9.89 Å². The Morgan fingerprint density at radius 2 is 2.40 bits per heavy atom. The van der Waals surface area contributed by atoms with Gasteiger partial charge in [-0.15, -0.1) is 0 Å². The Labute approximate surface area is 146 Å². The molecule has 0 spiro atoms. The second kappa shape index (κ2) is 8.24. The number of nitrogens with one attached hydrogen (secondary N) is 1. The van der Waals surface area contributed by atoms with Crippen molar-refractivity contribution in [2.45, 2.75) is 45.6 Å². The third-order valence-corrected chi connectivity index (χ3v) is 4.17. The molecule has 0 radical (unpaired) electrons. The van der Waals surface area contributed by atoms with Gasteiger partial charge in [-0.1, -0.05) is 19.0 Å². The minimum Gasteiger partial charge on any atom is -0.376 e. The van der Waals surface area contributed by atoms with Gasteiger partial charge in [0.25, 0.3) is 5.91 Å². The van der Waals surface area contributed by atoms with Gasteiger partial charge in [-0.05, 0) is 24.8 Å². The highest BCUT2D eigenvalue weighted by molar-refractivity contribution is 5.92. The van der Waals surface area contributed by atoms with Crippen molar-refractivity contribution in [1.82, 2.24) is 25.2 Å². The highest BCUT2D eigenvalue weighted by Gasteiger charge is 2.25. The number of nitrogens with zero attached hydrogens (tertiary/aromatic N) is 4. The molecule has 1 atom stereocenters. The first-order valence-corrected chi connectivity index (χ1v) is 8.83. The highest BCUT2D eigenvalue weighted by atomic mass is 16.5. The molecule has 0 saturated carbocycles. The number of rotatable bonds is 7. The maximum Gasteiger partial charge on any atom is 0.271 e. The van der Waals surface area contributed by atoms with Crippen molar-refractivity contribution in [2.75, 3.05) is 19.7 Å². The number of aromatic amines is 1. The number of aromatic nitrogens is 4. The quantitative estimate of drug-likeness (QED) is 0.821. The van der Waals surface area contributed by atoms with E-state index in [9.17, 15) is 4.79 Å². The fourth-order valence-electron chi connectivity index (χ4n) is 2.94. The van der Waals surface area contributed by atoms with Crippen molar-refractivity contribution in [3.8, 4) is 0 Å². The van der Waals surface area contributed by atoms with Gasteiger partial charge >= 0.3 is 0 Å². The number of ether oxygens (including phenoxy) is 1. The van der Waals surface area contributed by atoms with Crippen molar-refractivity contribution in [3.05, 3.63) is 29.7 Å². The first-order chi connectivity index (χ1) is 12.1. The van der Waals surface area contributed by atoms with Crippen LogP contribution < -0.4 is 0 Å². The van der Waals surface area contributed by atoms with Crippen LogP contribution in [-0.4, -0.2) is 56.9 Å². The van der Waals surface area contributed by atoms with Crippen molar-refractivity contribution >= 4 is 5.91 Å². The molecule has 1 unspecified atom stereocenters. The van der Waals surface area contributed by atoms with Crippen LogP contribution in [0.3, 0.4) is 0 Å². The Morgan fingerprint density at radius 3 is 3.16 bits per heavy atom. The van der Waals surface area contributed by atoms with E-state index in [1.165, 1.54) is 0 Å². The van der Waals surface area contributed by atoms with Gasteiger partial charge in [0.05, 0.1) is 12.7 Å². The summed E-state index contributed by atoms with van der Waals surface area (Å²) in [6, 6.07) is 1.69. The van der Waals surface area contributed by atoms with E-state index in [1.54, 1.807) is 12.3 Å². The maximum atomic E-state index is 12.4. The molecule has 1 aliphatic rings. The van der Waals surface area contributed by atoms with Crippen LogP contribution >= 0.6 is 0 Å². The molecule has 1 saturated heterocycles. The van der Waals surface area contributed by atoms with Crippen molar-refractivity contribution in [1.29, 1.82) is 0 Å². The van der Waals surface area contributed by atoms with Gasteiger partial charge in [0.1, 0.15) is 5.69 Å². The van der Waals surface area contributed by atoms with Crippen LogP contribution in [0.5, 0.6) is 0 Å².